The first-order chi connectivity index (χ1) is 11.2. The van der Waals surface area contributed by atoms with E-state index in [1.807, 2.05) is 54.9 Å². The molecular formula is C19H16N4. The second-order valence-corrected chi connectivity index (χ2v) is 5.62. The van der Waals surface area contributed by atoms with Crippen LogP contribution in [-0.2, 0) is 0 Å². The molecule has 0 fully saturated rings. The fraction of sp³-hybridized carbons (Fsp3) is 0.105. The van der Waals surface area contributed by atoms with Crippen molar-refractivity contribution < 1.29 is 0 Å². The van der Waals surface area contributed by atoms with E-state index in [2.05, 4.69) is 39.6 Å². The Morgan fingerprint density at radius 2 is 1.48 bits per heavy atom. The van der Waals surface area contributed by atoms with E-state index in [-0.39, 0.29) is 0 Å². The number of rotatable bonds is 2. The normalized spacial score (nSPS) is 11.0. The van der Waals surface area contributed by atoms with Crippen LogP contribution in [0, 0.1) is 13.8 Å². The molecule has 0 amide bonds. The molecule has 0 N–H and O–H groups in total. The molecule has 0 radical (unpaired) electrons. The summed E-state index contributed by atoms with van der Waals surface area (Å²) in [5.41, 5.74) is 3.98. The van der Waals surface area contributed by atoms with Gasteiger partial charge >= 0.3 is 0 Å². The topological polar surface area (TPSA) is 43.6 Å². The first kappa shape index (κ1) is 13.6. The number of hydrogen-bond acceptors (Lipinski definition) is 3. The molecule has 23 heavy (non-hydrogen) atoms. The van der Waals surface area contributed by atoms with Crippen LogP contribution in [0.2, 0.25) is 0 Å². The number of benzene rings is 2. The number of fused-ring (bicyclic) bond motifs is 1. The molecular weight excluding hydrogens is 284 g/mol. The van der Waals surface area contributed by atoms with E-state index in [1.54, 1.807) is 0 Å². The molecule has 2 heterocycles. The van der Waals surface area contributed by atoms with E-state index in [9.17, 15) is 0 Å². The molecule has 0 saturated heterocycles. The van der Waals surface area contributed by atoms with Crippen molar-refractivity contribution in [1.82, 2.24) is 20.0 Å². The molecule has 0 aliphatic heterocycles. The highest BCUT2D eigenvalue weighted by atomic mass is 15.3. The van der Waals surface area contributed by atoms with E-state index in [0.717, 1.165) is 39.2 Å². The molecule has 112 valence electrons. The summed E-state index contributed by atoms with van der Waals surface area (Å²) in [5.74, 6) is 0.769. The predicted molar refractivity (Wildman–Crippen MR) is 91.6 cm³/mol. The van der Waals surface area contributed by atoms with Crippen LogP contribution in [0.3, 0.4) is 0 Å². The minimum Gasteiger partial charge on any atom is -0.217 e. The van der Waals surface area contributed by atoms with E-state index in [4.69, 9.17) is 0 Å². The van der Waals surface area contributed by atoms with Crippen LogP contribution in [0.5, 0.6) is 0 Å². The Bertz CT molecular complexity index is 987. The minimum absolute atomic E-state index is 0.769. The molecule has 4 aromatic rings. The van der Waals surface area contributed by atoms with Crippen LogP contribution >= 0.6 is 0 Å². The predicted octanol–water partition coefficient (Wildman–Crippen LogP) is 4.10. The van der Waals surface area contributed by atoms with Gasteiger partial charge in [-0.25, -0.2) is 4.68 Å². The smallest absolute Gasteiger partial charge is 0.183 e. The third-order valence-corrected chi connectivity index (χ3v) is 3.93. The van der Waals surface area contributed by atoms with Gasteiger partial charge in [-0.1, -0.05) is 54.6 Å². The van der Waals surface area contributed by atoms with Crippen molar-refractivity contribution in [1.29, 1.82) is 0 Å². The summed E-state index contributed by atoms with van der Waals surface area (Å²) in [6.07, 6.45) is 0. The Morgan fingerprint density at radius 1 is 0.783 bits per heavy atom. The zero-order valence-electron chi connectivity index (χ0n) is 13.1. The van der Waals surface area contributed by atoms with E-state index >= 15 is 0 Å². The zero-order chi connectivity index (χ0) is 15.8. The summed E-state index contributed by atoms with van der Waals surface area (Å²) in [4.78, 5) is 0. The van der Waals surface area contributed by atoms with Gasteiger partial charge in [0.1, 0.15) is 5.69 Å². The van der Waals surface area contributed by atoms with Crippen molar-refractivity contribution in [2.75, 3.05) is 0 Å². The first-order valence-corrected chi connectivity index (χ1v) is 7.58. The Morgan fingerprint density at radius 3 is 2.17 bits per heavy atom. The van der Waals surface area contributed by atoms with Crippen LogP contribution in [0.1, 0.15) is 11.4 Å². The number of aromatic nitrogens is 4. The first-order valence-electron chi connectivity index (χ1n) is 7.58. The molecule has 0 aliphatic carbocycles. The van der Waals surface area contributed by atoms with Gasteiger partial charge < -0.3 is 0 Å². The fourth-order valence-corrected chi connectivity index (χ4v) is 2.90. The van der Waals surface area contributed by atoms with Gasteiger partial charge in [-0.2, -0.15) is 5.10 Å². The second-order valence-electron chi connectivity index (χ2n) is 5.62. The molecule has 4 rings (SSSR count). The Hall–Kier alpha value is -3.01. The molecule has 0 bridgehead atoms. The zero-order valence-corrected chi connectivity index (χ0v) is 13.1. The minimum atomic E-state index is 0.769. The summed E-state index contributed by atoms with van der Waals surface area (Å²) in [6, 6.07) is 20.4. The van der Waals surface area contributed by atoms with Gasteiger partial charge in [0.15, 0.2) is 5.82 Å². The molecule has 0 saturated carbocycles. The maximum atomic E-state index is 4.55. The molecule has 2 aromatic heterocycles. The lowest BCUT2D eigenvalue weighted by Crippen LogP contribution is -2.05. The summed E-state index contributed by atoms with van der Waals surface area (Å²) in [7, 11) is 0. The van der Waals surface area contributed by atoms with Crippen molar-refractivity contribution in [2.45, 2.75) is 13.8 Å². The lowest BCUT2D eigenvalue weighted by molar-refractivity contribution is 0.792. The van der Waals surface area contributed by atoms with Crippen LogP contribution in [0.4, 0.5) is 0 Å². The van der Waals surface area contributed by atoms with Gasteiger partial charge in [0.2, 0.25) is 0 Å². The average molecular weight is 300 g/mol. The molecule has 0 unspecified atom stereocenters. The number of aryl methyl sites for hydroxylation is 2. The van der Waals surface area contributed by atoms with Crippen LogP contribution in [-0.4, -0.2) is 20.0 Å². The Balaban J connectivity index is 2.02. The van der Waals surface area contributed by atoms with Crippen molar-refractivity contribution in [2.24, 2.45) is 0 Å². The van der Waals surface area contributed by atoms with Crippen LogP contribution < -0.4 is 0 Å². The van der Waals surface area contributed by atoms with E-state index < -0.39 is 0 Å². The van der Waals surface area contributed by atoms with Gasteiger partial charge in [0.25, 0.3) is 0 Å². The lowest BCUT2D eigenvalue weighted by Gasteiger charge is -2.10. The SMILES string of the molecule is Cc1cc(C)n(-c2nnc(-c3ccccc3)c3ccccc23)n1. The summed E-state index contributed by atoms with van der Waals surface area (Å²) in [6.45, 7) is 4.01. The van der Waals surface area contributed by atoms with Gasteiger partial charge in [-0.15, -0.1) is 10.2 Å². The van der Waals surface area contributed by atoms with Crippen molar-refractivity contribution in [3.05, 3.63) is 72.1 Å². The van der Waals surface area contributed by atoms with Crippen molar-refractivity contribution >= 4 is 10.8 Å². The van der Waals surface area contributed by atoms with E-state index in [1.165, 1.54) is 0 Å². The molecule has 0 spiro atoms. The van der Waals surface area contributed by atoms with Gasteiger partial charge in [0, 0.05) is 22.0 Å². The Kier molecular flexibility index (Phi) is 3.15. The summed E-state index contributed by atoms with van der Waals surface area (Å²) in [5, 5.41) is 15.6. The van der Waals surface area contributed by atoms with Gasteiger partial charge in [0.05, 0.1) is 5.69 Å². The van der Waals surface area contributed by atoms with Crippen LogP contribution in [0.25, 0.3) is 27.8 Å². The van der Waals surface area contributed by atoms with Gasteiger partial charge in [-0.3, -0.25) is 0 Å². The van der Waals surface area contributed by atoms with E-state index in [0.29, 0.717) is 0 Å². The molecule has 4 heteroatoms. The number of nitrogens with zero attached hydrogens (tertiary/aromatic N) is 4. The summed E-state index contributed by atoms with van der Waals surface area (Å²) >= 11 is 0. The number of hydrogen-bond donors (Lipinski definition) is 0. The van der Waals surface area contributed by atoms with Crippen molar-refractivity contribution in [3.63, 3.8) is 0 Å². The lowest BCUT2D eigenvalue weighted by atomic mass is 10.0. The van der Waals surface area contributed by atoms with Crippen LogP contribution in [0.15, 0.2) is 60.7 Å². The largest absolute Gasteiger partial charge is 0.217 e. The second kappa shape index (κ2) is 5.32. The highest BCUT2D eigenvalue weighted by molar-refractivity contribution is 5.97. The molecule has 0 aliphatic rings. The fourth-order valence-electron chi connectivity index (χ4n) is 2.90. The third kappa shape index (κ3) is 2.28. The maximum Gasteiger partial charge on any atom is 0.183 e. The molecule has 0 atom stereocenters. The molecule has 2 aromatic carbocycles. The van der Waals surface area contributed by atoms with Crippen molar-refractivity contribution in [3.8, 4) is 17.1 Å². The monoisotopic (exact) mass is 300 g/mol. The third-order valence-electron chi connectivity index (χ3n) is 3.93. The maximum absolute atomic E-state index is 4.55. The highest BCUT2D eigenvalue weighted by Gasteiger charge is 2.14. The van der Waals surface area contributed by atoms with Gasteiger partial charge in [-0.05, 0) is 19.9 Å². The summed E-state index contributed by atoms with van der Waals surface area (Å²) < 4.78 is 1.86. The standard InChI is InChI=1S/C19H16N4/c1-13-12-14(2)23(22-13)19-17-11-7-6-10-16(17)18(20-21-19)15-8-4-3-5-9-15/h3-12H,1-2H3. The average Bonchev–Trinajstić information content (AvgIpc) is 2.93. The quantitative estimate of drug-likeness (QED) is 0.560. The molecule has 4 nitrogen and oxygen atoms in total. The Labute approximate surface area is 134 Å². The highest BCUT2D eigenvalue weighted by Crippen LogP contribution is 2.29.